The van der Waals surface area contributed by atoms with Crippen LogP contribution in [0.5, 0.6) is 0 Å². The minimum absolute atomic E-state index is 0.854. The van der Waals surface area contributed by atoms with Crippen LogP contribution >= 0.6 is 11.8 Å². The fourth-order valence-electron chi connectivity index (χ4n) is 1.73. The van der Waals surface area contributed by atoms with E-state index in [1.807, 2.05) is 11.8 Å². The molecular weight excluding hydrogens is 256 g/mol. The van der Waals surface area contributed by atoms with Gasteiger partial charge in [0.15, 0.2) is 0 Å². The lowest BCUT2D eigenvalue weighted by Gasteiger charge is -2.08. The average molecular weight is 282 g/mol. The second-order valence-corrected chi connectivity index (χ2v) is 5.54. The zero-order chi connectivity index (χ0) is 13.8. The van der Waals surface area contributed by atoms with Crippen molar-refractivity contribution in [2.45, 2.75) is 39.0 Å². The molecule has 2 N–H and O–H groups in total. The van der Waals surface area contributed by atoms with E-state index in [1.165, 1.54) is 31.4 Å². The van der Waals surface area contributed by atoms with Crippen LogP contribution in [0.3, 0.4) is 0 Å². The number of anilines is 2. The second-order valence-electron chi connectivity index (χ2n) is 4.55. The second kappa shape index (κ2) is 10.9. The lowest BCUT2D eigenvalue weighted by molar-refractivity contribution is 0.688. The molecule has 1 aromatic heterocycles. The number of rotatable bonds is 11. The van der Waals surface area contributed by atoms with Crippen molar-refractivity contribution in [2.24, 2.45) is 0 Å². The highest BCUT2D eigenvalue weighted by molar-refractivity contribution is 7.98. The number of hydrogen-bond donors (Lipinski definition) is 2. The molecule has 0 saturated carbocycles. The normalized spacial score (nSPS) is 10.4. The van der Waals surface area contributed by atoms with Gasteiger partial charge >= 0.3 is 0 Å². The SMILES string of the molecule is CCCNc1cncc(NCCCCCCSC)n1. The molecule has 1 rings (SSSR count). The fourth-order valence-corrected chi connectivity index (χ4v) is 2.22. The molecular formula is C14H26N4S. The predicted molar refractivity (Wildman–Crippen MR) is 86.2 cm³/mol. The zero-order valence-corrected chi connectivity index (χ0v) is 12.9. The van der Waals surface area contributed by atoms with Crippen LogP contribution in [0.25, 0.3) is 0 Å². The predicted octanol–water partition coefficient (Wildman–Crippen LogP) is 3.63. The van der Waals surface area contributed by atoms with E-state index in [2.05, 4.69) is 33.8 Å². The third-order valence-electron chi connectivity index (χ3n) is 2.77. The molecule has 0 unspecified atom stereocenters. The van der Waals surface area contributed by atoms with Crippen LogP contribution in [0.1, 0.15) is 39.0 Å². The maximum atomic E-state index is 4.47. The van der Waals surface area contributed by atoms with E-state index in [1.54, 1.807) is 12.4 Å². The van der Waals surface area contributed by atoms with E-state index >= 15 is 0 Å². The molecule has 0 bridgehead atoms. The molecule has 108 valence electrons. The molecule has 0 fully saturated rings. The monoisotopic (exact) mass is 282 g/mol. The van der Waals surface area contributed by atoms with Crippen molar-refractivity contribution in [3.63, 3.8) is 0 Å². The molecule has 19 heavy (non-hydrogen) atoms. The van der Waals surface area contributed by atoms with Gasteiger partial charge in [-0.25, -0.2) is 4.98 Å². The largest absolute Gasteiger partial charge is 0.369 e. The van der Waals surface area contributed by atoms with E-state index in [9.17, 15) is 0 Å². The third-order valence-corrected chi connectivity index (χ3v) is 3.47. The Morgan fingerprint density at radius 1 is 1.00 bits per heavy atom. The van der Waals surface area contributed by atoms with E-state index in [-0.39, 0.29) is 0 Å². The van der Waals surface area contributed by atoms with Crippen molar-refractivity contribution in [1.82, 2.24) is 9.97 Å². The molecule has 1 heterocycles. The number of hydrogen-bond acceptors (Lipinski definition) is 5. The summed E-state index contributed by atoms with van der Waals surface area (Å²) in [4.78, 5) is 8.66. The minimum Gasteiger partial charge on any atom is -0.369 e. The number of thioether (sulfide) groups is 1. The molecule has 0 amide bonds. The molecule has 0 aliphatic rings. The van der Waals surface area contributed by atoms with Gasteiger partial charge in [-0.05, 0) is 31.3 Å². The van der Waals surface area contributed by atoms with E-state index in [0.717, 1.165) is 31.1 Å². The zero-order valence-electron chi connectivity index (χ0n) is 12.1. The molecule has 0 atom stereocenters. The molecule has 0 saturated heterocycles. The first-order valence-electron chi connectivity index (χ1n) is 7.15. The Morgan fingerprint density at radius 3 is 2.37 bits per heavy atom. The Balaban J connectivity index is 2.14. The summed E-state index contributed by atoms with van der Waals surface area (Å²) < 4.78 is 0. The van der Waals surface area contributed by atoms with Gasteiger partial charge in [-0.2, -0.15) is 11.8 Å². The van der Waals surface area contributed by atoms with Crippen molar-refractivity contribution in [1.29, 1.82) is 0 Å². The highest BCUT2D eigenvalue weighted by atomic mass is 32.2. The first-order valence-corrected chi connectivity index (χ1v) is 8.55. The summed E-state index contributed by atoms with van der Waals surface area (Å²) in [7, 11) is 0. The summed E-state index contributed by atoms with van der Waals surface area (Å²) in [6.45, 7) is 4.05. The Hall–Kier alpha value is -0.970. The number of aromatic nitrogens is 2. The van der Waals surface area contributed by atoms with Gasteiger partial charge in [0.2, 0.25) is 0 Å². The van der Waals surface area contributed by atoms with Crippen molar-refractivity contribution in [3.8, 4) is 0 Å². The summed E-state index contributed by atoms with van der Waals surface area (Å²) in [6.07, 6.45) is 11.9. The van der Waals surface area contributed by atoms with Crippen molar-refractivity contribution in [3.05, 3.63) is 12.4 Å². The fraction of sp³-hybridized carbons (Fsp3) is 0.714. The van der Waals surface area contributed by atoms with Gasteiger partial charge in [0, 0.05) is 13.1 Å². The lowest BCUT2D eigenvalue weighted by atomic mass is 10.2. The maximum Gasteiger partial charge on any atom is 0.146 e. The van der Waals surface area contributed by atoms with E-state index in [4.69, 9.17) is 0 Å². The lowest BCUT2D eigenvalue weighted by Crippen LogP contribution is -2.07. The van der Waals surface area contributed by atoms with Gasteiger partial charge in [-0.1, -0.05) is 19.8 Å². The van der Waals surface area contributed by atoms with Crippen LogP contribution in [-0.2, 0) is 0 Å². The van der Waals surface area contributed by atoms with Gasteiger partial charge in [-0.15, -0.1) is 0 Å². The number of nitrogens with zero attached hydrogens (tertiary/aromatic N) is 2. The topological polar surface area (TPSA) is 49.8 Å². The molecule has 0 aromatic carbocycles. The van der Waals surface area contributed by atoms with Gasteiger partial charge in [0.1, 0.15) is 11.6 Å². The minimum atomic E-state index is 0.854. The van der Waals surface area contributed by atoms with E-state index < -0.39 is 0 Å². The third kappa shape index (κ3) is 7.93. The van der Waals surface area contributed by atoms with E-state index in [0.29, 0.717) is 0 Å². The molecule has 0 aliphatic heterocycles. The van der Waals surface area contributed by atoms with Crippen LogP contribution in [0.2, 0.25) is 0 Å². The molecule has 5 heteroatoms. The first kappa shape index (κ1) is 16.1. The smallest absolute Gasteiger partial charge is 0.146 e. The molecule has 1 aromatic rings. The molecule has 0 spiro atoms. The highest BCUT2D eigenvalue weighted by Crippen LogP contribution is 2.08. The molecule has 0 aliphatic carbocycles. The number of nitrogens with one attached hydrogen (secondary N) is 2. The maximum absolute atomic E-state index is 4.47. The Morgan fingerprint density at radius 2 is 1.68 bits per heavy atom. The number of unbranched alkanes of at least 4 members (excludes halogenated alkanes) is 3. The standard InChI is InChI=1S/C14H26N4S/c1-3-8-16-13-11-15-12-14(18-13)17-9-6-4-5-7-10-19-2/h11-12H,3-10H2,1-2H3,(H2,16,17,18). The van der Waals surface area contributed by atoms with Crippen LogP contribution in [0.15, 0.2) is 12.4 Å². The molecule has 0 radical (unpaired) electrons. The summed E-state index contributed by atoms with van der Waals surface area (Å²) in [6, 6.07) is 0. The van der Waals surface area contributed by atoms with Crippen molar-refractivity contribution < 1.29 is 0 Å². The van der Waals surface area contributed by atoms with Gasteiger partial charge < -0.3 is 10.6 Å². The Labute approximate surface area is 121 Å². The summed E-state index contributed by atoms with van der Waals surface area (Å²) in [5.41, 5.74) is 0. The van der Waals surface area contributed by atoms with Crippen molar-refractivity contribution in [2.75, 3.05) is 35.7 Å². The van der Waals surface area contributed by atoms with Crippen LogP contribution < -0.4 is 10.6 Å². The Bertz CT molecular complexity index is 333. The molecule has 4 nitrogen and oxygen atoms in total. The average Bonchev–Trinajstić information content (AvgIpc) is 2.44. The van der Waals surface area contributed by atoms with Crippen LogP contribution in [0, 0.1) is 0 Å². The summed E-state index contributed by atoms with van der Waals surface area (Å²) >= 11 is 1.93. The quantitative estimate of drug-likeness (QED) is 0.607. The van der Waals surface area contributed by atoms with Crippen LogP contribution in [0.4, 0.5) is 11.6 Å². The van der Waals surface area contributed by atoms with Gasteiger partial charge in [0.25, 0.3) is 0 Å². The Kier molecular flexibility index (Phi) is 9.23. The van der Waals surface area contributed by atoms with Gasteiger partial charge in [-0.3, -0.25) is 4.98 Å². The summed E-state index contributed by atoms with van der Waals surface area (Å²) in [5, 5.41) is 6.58. The van der Waals surface area contributed by atoms with Crippen molar-refractivity contribution >= 4 is 23.4 Å². The highest BCUT2D eigenvalue weighted by Gasteiger charge is 1.97. The van der Waals surface area contributed by atoms with Crippen LogP contribution in [-0.4, -0.2) is 35.1 Å². The van der Waals surface area contributed by atoms with Gasteiger partial charge in [0.05, 0.1) is 12.4 Å². The first-order chi connectivity index (χ1) is 9.36. The summed E-state index contributed by atoms with van der Waals surface area (Å²) in [5.74, 6) is 3.00.